The average molecular weight is 262 g/mol. The number of anilines is 1. The maximum absolute atomic E-state index is 4.42. The minimum absolute atomic E-state index is 1.10. The number of pyridine rings is 1. The van der Waals surface area contributed by atoms with Crippen molar-refractivity contribution in [2.45, 2.75) is 19.8 Å². The summed E-state index contributed by atoms with van der Waals surface area (Å²) in [6, 6.07) is 6.14. The van der Waals surface area contributed by atoms with Crippen molar-refractivity contribution in [1.29, 1.82) is 0 Å². The van der Waals surface area contributed by atoms with Crippen LogP contribution in [0.2, 0.25) is 0 Å². The molecule has 2 rings (SSSR count). The molecule has 4 nitrogen and oxygen atoms in total. The van der Waals surface area contributed by atoms with E-state index in [1.807, 2.05) is 12.3 Å². The zero-order valence-corrected chi connectivity index (χ0v) is 12.0. The predicted octanol–water partition coefficient (Wildman–Crippen LogP) is 1.59. The summed E-state index contributed by atoms with van der Waals surface area (Å²) in [5.74, 6) is 1.12. The first-order valence-corrected chi connectivity index (χ1v) is 7.49. The summed E-state index contributed by atoms with van der Waals surface area (Å²) >= 11 is 0. The van der Waals surface area contributed by atoms with E-state index in [9.17, 15) is 0 Å². The standard InChI is InChI=1S/C15H26N4/c1-2-7-16-8-5-10-18-11-13-19(14-12-18)15-6-3-4-9-17-15/h3-4,6,9,16H,2,5,7-8,10-14H2,1H3. The van der Waals surface area contributed by atoms with Gasteiger partial charge >= 0.3 is 0 Å². The van der Waals surface area contributed by atoms with Crippen LogP contribution in [0, 0.1) is 0 Å². The fourth-order valence-corrected chi connectivity index (χ4v) is 2.47. The van der Waals surface area contributed by atoms with E-state index < -0.39 is 0 Å². The number of hydrogen-bond acceptors (Lipinski definition) is 4. The van der Waals surface area contributed by atoms with E-state index in [0.29, 0.717) is 0 Å². The van der Waals surface area contributed by atoms with Gasteiger partial charge in [0.05, 0.1) is 0 Å². The van der Waals surface area contributed by atoms with Gasteiger partial charge in [-0.05, 0) is 44.6 Å². The Morgan fingerprint density at radius 2 is 2.00 bits per heavy atom. The van der Waals surface area contributed by atoms with Gasteiger partial charge in [0.15, 0.2) is 0 Å². The highest BCUT2D eigenvalue weighted by atomic mass is 15.3. The highest BCUT2D eigenvalue weighted by Gasteiger charge is 2.16. The molecule has 0 aliphatic carbocycles. The molecule has 1 aliphatic heterocycles. The molecule has 0 saturated carbocycles. The molecule has 0 bridgehead atoms. The maximum Gasteiger partial charge on any atom is 0.128 e. The third-order valence-electron chi connectivity index (χ3n) is 3.60. The van der Waals surface area contributed by atoms with Crippen LogP contribution in [0.3, 0.4) is 0 Å². The van der Waals surface area contributed by atoms with Crippen molar-refractivity contribution in [2.75, 3.05) is 50.7 Å². The largest absolute Gasteiger partial charge is 0.354 e. The molecule has 0 spiro atoms. The summed E-state index contributed by atoms with van der Waals surface area (Å²) in [6.45, 7) is 10.2. The molecule has 0 atom stereocenters. The molecule has 0 amide bonds. The summed E-state index contributed by atoms with van der Waals surface area (Å²) in [6.07, 6.45) is 4.35. The van der Waals surface area contributed by atoms with Crippen molar-refractivity contribution in [3.05, 3.63) is 24.4 Å². The maximum atomic E-state index is 4.42. The van der Waals surface area contributed by atoms with Crippen molar-refractivity contribution < 1.29 is 0 Å². The number of piperazine rings is 1. The molecule has 1 saturated heterocycles. The molecular formula is C15H26N4. The molecule has 1 N–H and O–H groups in total. The van der Waals surface area contributed by atoms with Crippen molar-refractivity contribution in [1.82, 2.24) is 15.2 Å². The Hall–Kier alpha value is -1.13. The Morgan fingerprint density at radius 1 is 1.16 bits per heavy atom. The van der Waals surface area contributed by atoms with Gasteiger partial charge in [0.2, 0.25) is 0 Å². The molecule has 1 aromatic rings. The molecule has 1 aromatic heterocycles. The van der Waals surface area contributed by atoms with Crippen LogP contribution in [0.15, 0.2) is 24.4 Å². The molecular weight excluding hydrogens is 236 g/mol. The van der Waals surface area contributed by atoms with E-state index in [0.717, 1.165) is 45.1 Å². The number of rotatable bonds is 7. The normalized spacial score (nSPS) is 16.8. The minimum Gasteiger partial charge on any atom is -0.354 e. The predicted molar refractivity (Wildman–Crippen MR) is 80.7 cm³/mol. The topological polar surface area (TPSA) is 31.4 Å². The molecule has 0 radical (unpaired) electrons. The van der Waals surface area contributed by atoms with Crippen LogP contribution in [-0.4, -0.2) is 55.7 Å². The molecule has 0 unspecified atom stereocenters. The Labute approximate surface area is 116 Å². The third-order valence-corrected chi connectivity index (χ3v) is 3.60. The van der Waals surface area contributed by atoms with Crippen molar-refractivity contribution >= 4 is 5.82 Å². The van der Waals surface area contributed by atoms with Crippen molar-refractivity contribution in [2.24, 2.45) is 0 Å². The first-order valence-electron chi connectivity index (χ1n) is 7.49. The molecule has 4 heteroatoms. The molecule has 19 heavy (non-hydrogen) atoms. The fraction of sp³-hybridized carbons (Fsp3) is 0.667. The Morgan fingerprint density at radius 3 is 2.68 bits per heavy atom. The second-order valence-corrected chi connectivity index (χ2v) is 5.12. The van der Waals surface area contributed by atoms with E-state index in [4.69, 9.17) is 0 Å². The van der Waals surface area contributed by atoms with Crippen LogP contribution in [0.5, 0.6) is 0 Å². The summed E-state index contributed by atoms with van der Waals surface area (Å²) in [4.78, 5) is 9.36. The van der Waals surface area contributed by atoms with Gasteiger partial charge in [-0.2, -0.15) is 0 Å². The van der Waals surface area contributed by atoms with Gasteiger partial charge in [-0.1, -0.05) is 13.0 Å². The van der Waals surface area contributed by atoms with Crippen molar-refractivity contribution in [3.8, 4) is 0 Å². The second kappa shape index (κ2) is 8.12. The van der Waals surface area contributed by atoms with Crippen LogP contribution >= 0.6 is 0 Å². The highest BCUT2D eigenvalue weighted by Crippen LogP contribution is 2.12. The lowest BCUT2D eigenvalue weighted by Crippen LogP contribution is -2.47. The first-order chi connectivity index (χ1) is 9.40. The molecule has 0 aromatic carbocycles. The van der Waals surface area contributed by atoms with E-state index in [1.165, 1.54) is 19.4 Å². The average Bonchev–Trinajstić information content (AvgIpc) is 2.49. The van der Waals surface area contributed by atoms with Crippen LogP contribution < -0.4 is 10.2 Å². The third kappa shape index (κ3) is 4.80. The molecule has 106 valence electrons. The smallest absolute Gasteiger partial charge is 0.128 e. The Balaban J connectivity index is 1.63. The van der Waals surface area contributed by atoms with Crippen LogP contribution in [0.1, 0.15) is 19.8 Å². The lowest BCUT2D eigenvalue weighted by atomic mass is 10.2. The Kier molecular flexibility index (Phi) is 6.11. The fourth-order valence-electron chi connectivity index (χ4n) is 2.47. The monoisotopic (exact) mass is 262 g/mol. The van der Waals surface area contributed by atoms with E-state index in [2.05, 4.69) is 39.2 Å². The first kappa shape index (κ1) is 14.3. The Bertz CT molecular complexity index is 333. The quantitative estimate of drug-likeness (QED) is 0.756. The zero-order valence-electron chi connectivity index (χ0n) is 12.0. The number of aromatic nitrogens is 1. The van der Waals surface area contributed by atoms with Crippen LogP contribution in [0.25, 0.3) is 0 Å². The number of nitrogens with zero attached hydrogens (tertiary/aromatic N) is 3. The SMILES string of the molecule is CCCNCCCN1CCN(c2ccccn2)CC1. The highest BCUT2D eigenvalue weighted by molar-refractivity contribution is 5.38. The van der Waals surface area contributed by atoms with Gasteiger partial charge in [-0.15, -0.1) is 0 Å². The van der Waals surface area contributed by atoms with E-state index in [-0.39, 0.29) is 0 Å². The van der Waals surface area contributed by atoms with Crippen LogP contribution in [-0.2, 0) is 0 Å². The van der Waals surface area contributed by atoms with Crippen LogP contribution in [0.4, 0.5) is 5.82 Å². The zero-order chi connectivity index (χ0) is 13.3. The summed E-state index contributed by atoms with van der Waals surface area (Å²) < 4.78 is 0. The van der Waals surface area contributed by atoms with Gasteiger partial charge in [0.1, 0.15) is 5.82 Å². The lowest BCUT2D eigenvalue weighted by molar-refractivity contribution is 0.253. The van der Waals surface area contributed by atoms with Crippen molar-refractivity contribution in [3.63, 3.8) is 0 Å². The minimum atomic E-state index is 1.10. The van der Waals surface area contributed by atoms with Gasteiger partial charge in [-0.3, -0.25) is 4.90 Å². The molecule has 1 fully saturated rings. The summed E-state index contributed by atoms with van der Waals surface area (Å²) in [5.41, 5.74) is 0. The molecule has 2 heterocycles. The second-order valence-electron chi connectivity index (χ2n) is 5.12. The lowest BCUT2D eigenvalue weighted by Gasteiger charge is -2.35. The summed E-state index contributed by atoms with van der Waals surface area (Å²) in [7, 11) is 0. The molecule has 1 aliphatic rings. The van der Waals surface area contributed by atoms with E-state index in [1.54, 1.807) is 0 Å². The van der Waals surface area contributed by atoms with Gasteiger partial charge in [-0.25, -0.2) is 4.98 Å². The van der Waals surface area contributed by atoms with E-state index >= 15 is 0 Å². The number of hydrogen-bond donors (Lipinski definition) is 1. The summed E-state index contributed by atoms with van der Waals surface area (Å²) in [5, 5.41) is 3.46. The number of nitrogens with one attached hydrogen (secondary N) is 1. The van der Waals surface area contributed by atoms with Gasteiger partial charge in [0, 0.05) is 32.4 Å². The van der Waals surface area contributed by atoms with Gasteiger partial charge in [0.25, 0.3) is 0 Å². The van der Waals surface area contributed by atoms with Gasteiger partial charge < -0.3 is 10.2 Å².